The molecule has 144 valence electrons. The predicted octanol–water partition coefficient (Wildman–Crippen LogP) is 4.26. The number of hydrogen-bond acceptors (Lipinski definition) is 5. The van der Waals surface area contributed by atoms with Crippen molar-refractivity contribution in [2.45, 2.75) is 32.1 Å². The lowest BCUT2D eigenvalue weighted by atomic mass is 9.72. The van der Waals surface area contributed by atoms with E-state index in [1.54, 1.807) is 7.11 Å². The van der Waals surface area contributed by atoms with E-state index < -0.39 is 0 Å². The normalized spacial score (nSPS) is 14.1. The van der Waals surface area contributed by atoms with Crippen LogP contribution >= 0.6 is 0 Å². The van der Waals surface area contributed by atoms with Gasteiger partial charge in [0.15, 0.2) is 0 Å². The van der Waals surface area contributed by atoms with Gasteiger partial charge in [-0.1, -0.05) is 32.0 Å². The van der Waals surface area contributed by atoms with Crippen LogP contribution in [0, 0.1) is 0 Å². The van der Waals surface area contributed by atoms with Gasteiger partial charge in [-0.15, -0.1) is 0 Å². The molecule has 0 saturated carbocycles. The minimum absolute atomic E-state index is 0.0194. The molecule has 1 aromatic heterocycles. The van der Waals surface area contributed by atoms with E-state index in [0.717, 1.165) is 40.2 Å². The van der Waals surface area contributed by atoms with Gasteiger partial charge < -0.3 is 15.2 Å². The SMILES string of the molecule is COc1ccc2c(c1)-c1nc(Nc3cccc(CCO)c3)ncc1CC2(C)C. The van der Waals surface area contributed by atoms with Crippen molar-refractivity contribution >= 4 is 11.6 Å². The monoisotopic (exact) mass is 375 g/mol. The third-order valence-corrected chi connectivity index (χ3v) is 5.29. The van der Waals surface area contributed by atoms with Crippen LogP contribution in [-0.2, 0) is 18.3 Å². The number of aliphatic hydroxyl groups is 1. The highest BCUT2D eigenvalue weighted by atomic mass is 16.5. The lowest BCUT2D eigenvalue weighted by Gasteiger charge is -2.33. The van der Waals surface area contributed by atoms with Crippen molar-refractivity contribution < 1.29 is 9.84 Å². The molecule has 3 aromatic rings. The van der Waals surface area contributed by atoms with Gasteiger partial charge in [0.2, 0.25) is 5.95 Å². The quantitative estimate of drug-likeness (QED) is 0.697. The van der Waals surface area contributed by atoms with Crippen LogP contribution in [0.2, 0.25) is 0 Å². The van der Waals surface area contributed by atoms with Crippen LogP contribution in [0.3, 0.4) is 0 Å². The van der Waals surface area contributed by atoms with Gasteiger partial charge >= 0.3 is 0 Å². The molecule has 0 fully saturated rings. The number of anilines is 2. The first-order chi connectivity index (χ1) is 13.5. The van der Waals surface area contributed by atoms with Gasteiger partial charge in [-0.2, -0.15) is 0 Å². The number of aromatic nitrogens is 2. The fourth-order valence-electron chi connectivity index (χ4n) is 3.90. The number of nitrogens with zero attached hydrogens (tertiary/aromatic N) is 2. The summed E-state index contributed by atoms with van der Waals surface area (Å²) < 4.78 is 5.45. The van der Waals surface area contributed by atoms with Crippen LogP contribution in [0.25, 0.3) is 11.3 Å². The first-order valence-electron chi connectivity index (χ1n) is 9.52. The summed E-state index contributed by atoms with van der Waals surface area (Å²) in [4.78, 5) is 9.38. The van der Waals surface area contributed by atoms with E-state index in [-0.39, 0.29) is 12.0 Å². The van der Waals surface area contributed by atoms with Gasteiger partial charge in [-0.3, -0.25) is 0 Å². The van der Waals surface area contributed by atoms with Crippen molar-refractivity contribution in [2.24, 2.45) is 0 Å². The van der Waals surface area contributed by atoms with Crippen molar-refractivity contribution in [1.29, 1.82) is 0 Å². The van der Waals surface area contributed by atoms with E-state index in [4.69, 9.17) is 14.8 Å². The summed E-state index contributed by atoms with van der Waals surface area (Å²) >= 11 is 0. The predicted molar refractivity (Wildman–Crippen MR) is 111 cm³/mol. The van der Waals surface area contributed by atoms with Crippen molar-refractivity contribution in [3.63, 3.8) is 0 Å². The molecular formula is C23H25N3O2. The number of ether oxygens (including phenoxy) is 1. The summed E-state index contributed by atoms with van der Waals surface area (Å²) in [5.41, 5.74) is 6.48. The van der Waals surface area contributed by atoms with Gasteiger partial charge in [0.25, 0.3) is 0 Å². The highest BCUT2D eigenvalue weighted by Crippen LogP contribution is 2.43. The van der Waals surface area contributed by atoms with E-state index in [0.29, 0.717) is 12.4 Å². The molecule has 0 spiro atoms. The van der Waals surface area contributed by atoms with E-state index in [9.17, 15) is 0 Å². The van der Waals surface area contributed by atoms with Crippen LogP contribution in [-0.4, -0.2) is 28.8 Å². The molecule has 0 saturated heterocycles. The maximum Gasteiger partial charge on any atom is 0.227 e. The Bertz CT molecular complexity index is 1010. The number of methoxy groups -OCH3 is 1. The molecule has 4 rings (SSSR count). The topological polar surface area (TPSA) is 67.3 Å². The fraction of sp³-hybridized carbons (Fsp3) is 0.304. The standard InChI is InChI=1S/C23H25N3O2/c1-23(2)13-16-14-24-22(25-17-6-4-5-15(11-17)9-10-27)26-21(16)19-12-18(28-3)7-8-20(19)23/h4-8,11-12,14,27H,9-10,13H2,1-3H3,(H,24,25,26). The number of aliphatic hydroxyl groups excluding tert-OH is 1. The van der Waals surface area contributed by atoms with E-state index in [2.05, 4.69) is 36.3 Å². The first kappa shape index (κ1) is 18.4. The molecular weight excluding hydrogens is 350 g/mol. The van der Waals surface area contributed by atoms with Gasteiger partial charge in [0, 0.05) is 24.1 Å². The van der Waals surface area contributed by atoms with Gasteiger partial charge in [-0.25, -0.2) is 9.97 Å². The number of fused-ring (bicyclic) bond motifs is 3. The summed E-state index contributed by atoms with van der Waals surface area (Å²) in [6.07, 6.45) is 3.45. The molecule has 1 heterocycles. The van der Waals surface area contributed by atoms with Crippen LogP contribution in [0.4, 0.5) is 11.6 Å². The second kappa shape index (κ2) is 7.24. The second-order valence-electron chi connectivity index (χ2n) is 7.84. The van der Waals surface area contributed by atoms with E-state index in [1.165, 1.54) is 5.56 Å². The highest BCUT2D eigenvalue weighted by molar-refractivity contribution is 5.74. The minimum Gasteiger partial charge on any atom is -0.497 e. The molecule has 2 aromatic carbocycles. The third-order valence-electron chi connectivity index (χ3n) is 5.29. The smallest absolute Gasteiger partial charge is 0.227 e. The Morgan fingerprint density at radius 1 is 1.18 bits per heavy atom. The van der Waals surface area contributed by atoms with Gasteiger partial charge in [0.1, 0.15) is 5.75 Å². The van der Waals surface area contributed by atoms with Crippen molar-refractivity contribution in [2.75, 3.05) is 19.0 Å². The molecule has 0 bridgehead atoms. The molecule has 1 aliphatic carbocycles. The van der Waals surface area contributed by atoms with Gasteiger partial charge in [-0.05, 0) is 59.2 Å². The lowest BCUT2D eigenvalue weighted by Crippen LogP contribution is -2.26. The number of benzene rings is 2. The summed E-state index contributed by atoms with van der Waals surface area (Å²) in [5.74, 6) is 1.39. The van der Waals surface area contributed by atoms with E-state index in [1.807, 2.05) is 36.5 Å². The molecule has 5 heteroatoms. The summed E-state index contributed by atoms with van der Waals surface area (Å²) in [6, 6.07) is 14.2. The van der Waals surface area contributed by atoms with Crippen LogP contribution in [0.1, 0.15) is 30.5 Å². The molecule has 0 atom stereocenters. The Morgan fingerprint density at radius 2 is 2.04 bits per heavy atom. The largest absolute Gasteiger partial charge is 0.497 e. The highest BCUT2D eigenvalue weighted by Gasteiger charge is 2.32. The van der Waals surface area contributed by atoms with Crippen LogP contribution < -0.4 is 10.1 Å². The van der Waals surface area contributed by atoms with Crippen LogP contribution in [0.5, 0.6) is 5.75 Å². The molecule has 1 aliphatic rings. The zero-order valence-electron chi connectivity index (χ0n) is 16.5. The maximum atomic E-state index is 9.16. The Hall–Kier alpha value is -2.92. The third kappa shape index (κ3) is 3.45. The molecule has 0 unspecified atom stereocenters. The van der Waals surface area contributed by atoms with E-state index >= 15 is 0 Å². The first-order valence-corrected chi connectivity index (χ1v) is 9.52. The number of rotatable bonds is 5. The Balaban J connectivity index is 1.73. The molecule has 0 aliphatic heterocycles. The molecule has 5 nitrogen and oxygen atoms in total. The summed E-state index contributed by atoms with van der Waals surface area (Å²) in [7, 11) is 1.68. The average Bonchev–Trinajstić information content (AvgIpc) is 2.68. The van der Waals surface area contributed by atoms with Crippen molar-refractivity contribution in [3.8, 4) is 17.0 Å². The Kier molecular flexibility index (Phi) is 4.77. The molecule has 2 N–H and O–H groups in total. The second-order valence-corrected chi connectivity index (χ2v) is 7.84. The average molecular weight is 375 g/mol. The molecule has 28 heavy (non-hydrogen) atoms. The minimum atomic E-state index is 0.0194. The number of hydrogen-bond donors (Lipinski definition) is 2. The zero-order valence-corrected chi connectivity index (χ0v) is 16.5. The Morgan fingerprint density at radius 3 is 2.82 bits per heavy atom. The molecule has 0 amide bonds. The zero-order chi connectivity index (χ0) is 19.7. The Labute approximate surface area is 165 Å². The summed E-state index contributed by atoms with van der Waals surface area (Å²) in [5, 5.41) is 12.5. The summed E-state index contributed by atoms with van der Waals surface area (Å²) in [6.45, 7) is 4.63. The fourth-order valence-corrected chi connectivity index (χ4v) is 3.90. The van der Waals surface area contributed by atoms with Crippen LogP contribution in [0.15, 0.2) is 48.7 Å². The lowest BCUT2D eigenvalue weighted by molar-refractivity contribution is 0.299. The van der Waals surface area contributed by atoms with Crippen molar-refractivity contribution in [3.05, 3.63) is 65.4 Å². The maximum absolute atomic E-state index is 9.16. The molecule has 0 radical (unpaired) electrons. The van der Waals surface area contributed by atoms with Crippen molar-refractivity contribution in [1.82, 2.24) is 9.97 Å². The van der Waals surface area contributed by atoms with Gasteiger partial charge in [0.05, 0.1) is 12.8 Å². The number of nitrogens with one attached hydrogen (secondary N) is 1.